The SMILES string of the molecule is CN(C)c1ccc([C@@H](CNC(=O)c2ccc(C(C)(C)C)cc2)N2CCc3ccccc3C2)cc1. The van der Waals surface area contributed by atoms with Crippen molar-refractivity contribution < 1.29 is 4.79 Å². The van der Waals surface area contributed by atoms with Gasteiger partial charge in [0.05, 0.1) is 6.04 Å². The van der Waals surface area contributed by atoms with E-state index in [9.17, 15) is 4.79 Å². The lowest BCUT2D eigenvalue weighted by Gasteiger charge is -2.36. The predicted octanol–water partition coefficient (Wildman–Crippen LogP) is 5.58. The van der Waals surface area contributed by atoms with Crippen molar-refractivity contribution >= 4 is 11.6 Å². The summed E-state index contributed by atoms with van der Waals surface area (Å²) in [6, 6.07) is 25.5. The van der Waals surface area contributed by atoms with Crippen LogP contribution in [0, 0.1) is 0 Å². The van der Waals surface area contributed by atoms with Crippen LogP contribution in [-0.4, -0.2) is 38.0 Å². The molecule has 4 rings (SSSR count). The Hall–Kier alpha value is -3.11. The van der Waals surface area contributed by atoms with Gasteiger partial charge in [-0.3, -0.25) is 9.69 Å². The summed E-state index contributed by atoms with van der Waals surface area (Å²) < 4.78 is 0. The molecule has 0 unspecified atom stereocenters. The van der Waals surface area contributed by atoms with Crippen LogP contribution in [0.3, 0.4) is 0 Å². The van der Waals surface area contributed by atoms with E-state index < -0.39 is 0 Å². The van der Waals surface area contributed by atoms with E-state index in [1.54, 1.807) is 0 Å². The molecule has 0 aromatic heterocycles. The molecule has 3 aromatic rings. The zero-order valence-corrected chi connectivity index (χ0v) is 21.1. The van der Waals surface area contributed by atoms with E-state index in [2.05, 4.69) is 111 Å². The first-order chi connectivity index (χ1) is 16.2. The summed E-state index contributed by atoms with van der Waals surface area (Å²) in [4.78, 5) is 17.6. The van der Waals surface area contributed by atoms with Gasteiger partial charge in [-0.2, -0.15) is 0 Å². The molecule has 1 N–H and O–H groups in total. The maximum Gasteiger partial charge on any atom is 0.251 e. The average Bonchev–Trinajstić information content (AvgIpc) is 2.84. The highest BCUT2D eigenvalue weighted by molar-refractivity contribution is 5.94. The molecule has 1 amide bonds. The van der Waals surface area contributed by atoms with Gasteiger partial charge in [0.2, 0.25) is 0 Å². The number of carbonyl (C=O) groups is 1. The van der Waals surface area contributed by atoms with Crippen LogP contribution in [0.1, 0.15) is 59.4 Å². The fraction of sp³-hybridized carbons (Fsp3) is 0.367. The Balaban J connectivity index is 1.53. The van der Waals surface area contributed by atoms with E-state index in [4.69, 9.17) is 0 Å². The topological polar surface area (TPSA) is 35.6 Å². The summed E-state index contributed by atoms with van der Waals surface area (Å²) in [6.45, 7) is 9.00. The highest BCUT2D eigenvalue weighted by Gasteiger charge is 2.25. The van der Waals surface area contributed by atoms with Gasteiger partial charge in [-0.25, -0.2) is 0 Å². The molecule has 0 spiro atoms. The number of carbonyl (C=O) groups excluding carboxylic acids is 1. The van der Waals surface area contributed by atoms with Crippen LogP contribution in [0.2, 0.25) is 0 Å². The third kappa shape index (κ3) is 5.51. The predicted molar refractivity (Wildman–Crippen MR) is 142 cm³/mol. The second kappa shape index (κ2) is 10.0. The van der Waals surface area contributed by atoms with Crippen molar-refractivity contribution in [2.45, 2.75) is 45.2 Å². The van der Waals surface area contributed by atoms with E-state index in [-0.39, 0.29) is 17.4 Å². The first kappa shape index (κ1) is 24.0. The number of fused-ring (bicyclic) bond motifs is 1. The molecule has 1 heterocycles. The minimum atomic E-state index is -0.0206. The molecular weight excluding hydrogens is 418 g/mol. The van der Waals surface area contributed by atoms with E-state index >= 15 is 0 Å². The Morgan fingerprint density at radius 2 is 1.59 bits per heavy atom. The normalized spacial score (nSPS) is 14.9. The summed E-state index contributed by atoms with van der Waals surface area (Å²) in [6.07, 6.45) is 1.03. The molecular formula is C30H37N3O. The lowest BCUT2D eigenvalue weighted by molar-refractivity contribution is 0.0927. The molecule has 0 saturated carbocycles. The van der Waals surface area contributed by atoms with Gasteiger partial charge in [0, 0.05) is 45.0 Å². The van der Waals surface area contributed by atoms with Gasteiger partial charge in [0.15, 0.2) is 0 Å². The van der Waals surface area contributed by atoms with Crippen molar-refractivity contribution in [3.8, 4) is 0 Å². The van der Waals surface area contributed by atoms with Crippen LogP contribution in [0.25, 0.3) is 0 Å². The maximum atomic E-state index is 13.0. The summed E-state index contributed by atoms with van der Waals surface area (Å²) in [5, 5.41) is 3.22. The number of nitrogens with one attached hydrogen (secondary N) is 1. The van der Waals surface area contributed by atoms with Crippen molar-refractivity contribution in [1.82, 2.24) is 10.2 Å². The molecule has 1 aliphatic rings. The number of benzene rings is 3. The molecule has 0 fully saturated rings. The van der Waals surface area contributed by atoms with Crippen LogP contribution >= 0.6 is 0 Å². The molecule has 4 nitrogen and oxygen atoms in total. The summed E-state index contributed by atoms with van der Waals surface area (Å²) in [7, 11) is 4.11. The molecule has 1 atom stereocenters. The van der Waals surface area contributed by atoms with Crippen molar-refractivity contribution in [3.05, 3.63) is 101 Å². The molecule has 0 radical (unpaired) electrons. The minimum absolute atomic E-state index is 0.0206. The minimum Gasteiger partial charge on any atom is -0.378 e. The monoisotopic (exact) mass is 455 g/mol. The van der Waals surface area contributed by atoms with Gasteiger partial charge in [0.25, 0.3) is 5.91 Å². The number of hydrogen-bond donors (Lipinski definition) is 1. The summed E-state index contributed by atoms with van der Waals surface area (Å²) in [5.41, 5.74) is 7.23. The number of anilines is 1. The van der Waals surface area contributed by atoms with E-state index in [1.165, 1.54) is 27.9 Å². The Kier molecular flexibility index (Phi) is 7.08. The van der Waals surface area contributed by atoms with Crippen molar-refractivity contribution in [3.63, 3.8) is 0 Å². The van der Waals surface area contributed by atoms with Gasteiger partial charge in [-0.1, -0.05) is 69.3 Å². The Bertz CT molecular complexity index is 1110. The van der Waals surface area contributed by atoms with Crippen LogP contribution in [0.15, 0.2) is 72.8 Å². The largest absolute Gasteiger partial charge is 0.378 e. The molecule has 0 bridgehead atoms. The third-order valence-electron chi connectivity index (χ3n) is 6.86. The molecule has 3 aromatic carbocycles. The standard InChI is InChI=1S/C30H37N3O/c1-30(2,3)26-14-10-24(11-15-26)29(34)31-20-28(23-12-16-27(17-13-23)32(4)5)33-19-18-22-8-6-7-9-25(22)21-33/h6-17,28H,18-21H2,1-5H3,(H,31,34)/t28-/m1/s1. The van der Waals surface area contributed by atoms with Gasteiger partial charge in [-0.05, 0) is 58.4 Å². The second-order valence-electron chi connectivity index (χ2n) is 10.5. The number of amides is 1. The molecule has 34 heavy (non-hydrogen) atoms. The lowest BCUT2D eigenvalue weighted by Crippen LogP contribution is -2.40. The highest BCUT2D eigenvalue weighted by Crippen LogP contribution is 2.29. The number of nitrogens with zero attached hydrogens (tertiary/aromatic N) is 2. The molecule has 0 aliphatic carbocycles. The Labute approximate surface area is 204 Å². The van der Waals surface area contributed by atoms with E-state index in [0.29, 0.717) is 12.1 Å². The molecule has 1 aliphatic heterocycles. The number of rotatable bonds is 6. The van der Waals surface area contributed by atoms with Crippen LogP contribution in [0.4, 0.5) is 5.69 Å². The van der Waals surface area contributed by atoms with Gasteiger partial charge in [-0.15, -0.1) is 0 Å². The molecule has 178 valence electrons. The van der Waals surface area contributed by atoms with E-state index in [1.807, 2.05) is 12.1 Å². The first-order valence-electron chi connectivity index (χ1n) is 12.2. The fourth-order valence-corrected chi connectivity index (χ4v) is 4.65. The van der Waals surface area contributed by atoms with Crippen LogP contribution in [0.5, 0.6) is 0 Å². The Morgan fingerprint density at radius 1 is 0.941 bits per heavy atom. The van der Waals surface area contributed by atoms with E-state index in [0.717, 1.165) is 19.5 Å². The van der Waals surface area contributed by atoms with Gasteiger partial charge < -0.3 is 10.2 Å². The lowest BCUT2D eigenvalue weighted by atomic mass is 9.86. The zero-order valence-electron chi connectivity index (χ0n) is 21.1. The highest BCUT2D eigenvalue weighted by atomic mass is 16.1. The average molecular weight is 456 g/mol. The fourth-order valence-electron chi connectivity index (χ4n) is 4.65. The maximum absolute atomic E-state index is 13.0. The number of hydrogen-bond acceptors (Lipinski definition) is 3. The summed E-state index contributed by atoms with van der Waals surface area (Å²) in [5.74, 6) is -0.0206. The quantitative estimate of drug-likeness (QED) is 0.527. The van der Waals surface area contributed by atoms with Crippen molar-refractivity contribution in [2.75, 3.05) is 32.1 Å². The second-order valence-corrected chi connectivity index (χ2v) is 10.5. The summed E-state index contributed by atoms with van der Waals surface area (Å²) >= 11 is 0. The molecule has 4 heteroatoms. The van der Waals surface area contributed by atoms with Crippen LogP contribution in [-0.2, 0) is 18.4 Å². The van der Waals surface area contributed by atoms with Crippen molar-refractivity contribution in [1.29, 1.82) is 0 Å². The molecule has 0 saturated heterocycles. The zero-order chi connectivity index (χ0) is 24.3. The smallest absolute Gasteiger partial charge is 0.251 e. The Morgan fingerprint density at radius 3 is 2.21 bits per heavy atom. The van der Waals surface area contributed by atoms with Crippen molar-refractivity contribution in [2.24, 2.45) is 0 Å². The van der Waals surface area contributed by atoms with Gasteiger partial charge >= 0.3 is 0 Å². The van der Waals surface area contributed by atoms with Crippen LogP contribution < -0.4 is 10.2 Å². The first-order valence-corrected chi connectivity index (χ1v) is 12.2. The van der Waals surface area contributed by atoms with Gasteiger partial charge in [0.1, 0.15) is 0 Å². The third-order valence-corrected chi connectivity index (χ3v) is 6.86.